The Morgan fingerprint density at radius 3 is 2.33 bits per heavy atom. The molecule has 1 aliphatic rings. The summed E-state index contributed by atoms with van der Waals surface area (Å²) in [5, 5.41) is 2.43. The number of alkyl halides is 2. The molecule has 2 aromatic carbocycles. The van der Waals surface area contributed by atoms with Gasteiger partial charge in [-0.3, -0.25) is 0 Å². The van der Waals surface area contributed by atoms with Gasteiger partial charge in [0.05, 0.1) is 10.8 Å². The number of nitrogens with zero attached hydrogens (tertiary/aromatic N) is 1. The first-order valence-corrected chi connectivity index (χ1v) is 9.50. The second kappa shape index (κ2) is 5.15. The summed E-state index contributed by atoms with van der Waals surface area (Å²) in [6.45, 7) is 5.99. The van der Waals surface area contributed by atoms with Crippen LogP contribution in [0.4, 0.5) is 0 Å². The van der Waals surface area contributed by atoms with Crippen LogP contribution in [0.1, 0.15) is 32.4 Å². The number of fused-ring (bicyclic) bond motifs is 1. The number of rotatable bonds is 2. The maximum Gasteiger partial charge on any atom is 0.165 e. The third kappa shape index (κ3) is 2.74. The van der Waals surface area contributed by atoms with Gasteiger partial charge >= 0.3 is 0 Å². The molecule has 1 heterocycles. The summed E-state index contributed by atoms with van der Waals surface area (Å²) in [5.41, 5.74) is 1.17. The highest BCUT2D eigenvalue weighted by molar-refractivity contribution is 9.25. The molecule has 112 valence electrons. The van der Waals surface area contributed by atoms with Crippen molar-refractivity contribution in [3.8, 4) is 0 Å². The number of halogens is 2. The lowest BCUT2D eigenvalue weighted by atomic mass is 10.1. The molecule has 5 heteroatoms. The molecule has 2 aromatic rings. The maximum atomic E-state index is 12.7. The SMILES string of the molecule is CC(C)(C)S(=O)N1[C@@H](c2ccc3ccccc3c2)C1(Br)Br. The van der Waals surface area contributed by atoms with Crippen molar-refractivity contribution >= 4 is 53.6 Å². The zero-order valence-corrected chi connectivity index (χ0v) is 16.1. The molecule has 3 rings (SSSR count). The summed E-state index contributed by atoms with van der Waals surface area (Å²) in [6, 6.07) is 14.8. The third-order valence-corrected chi connectivity index (χ3v) is 7.59. The van der Waals surface area contributed by atoms with Gasteiger partial charge in [-0.1, -0.05) is 68.3 Å². The molecule has 0 bridgehead atoms. The smallest absolute Gasteiger partial charge is 0.165 e. The van der Waals surface area contributed by atoms with Gasteiger partial charge in [0.15, 0.2) is 3.36 Å². The molecule has 1 aliphatic heterocycles. The average molecular weight is 431 g/mol. The van der Waals surface area contributed by atoms with Gasteiger partial charge in [0.25, 0.3) is 0 Å². The van der Waals surface area contributed by atoms with E-state index in [1.165, 1.54) is 16.3 Å². The minimum atomic E-state index is -1.07. The van der Waals surface area contributed by atoms with E-state index in [2.05, 4.69) is 62.2 Å². The fourth-order valence-corrected chi connectivity index (χ4v) is 5.97. The first-order valence-electron chi connectivity index (χ1n) is 6.81. The van der Waals surface area contributed by atoms with E-state index in [0.29, 0.717) is 0 Å². The van der Waals surface area contributed by atoms with E-state index >= 15 is 0 Å². The molecule has 1 fully saturated rings. The van der Waals surface area contributed by atoms with Crippen LogP contribution in [0.2, 0.25) is 0 Å². The maximum absolute atomic E-state index is 12.7. The van der Waals surface area contributed by atoms with Gasteiger partial charge in [-0.25, -0.2) is 4.21 Å². The second-order valence-electron chi connectivity index (χ2n) is 6.28. The summed E-state index contributed by atoms with van der Waals surface area (Å²) in [5.74, 6) is 0. The van der Waals surface area contributed by atoms with Crippen molar-refractivity contribution in [3.05, 3.63) is 48.0 Å². The first kappa shape index (κ1) is 15.7. The van der Waals surface area contributed by atoms with Crippen molar-refractivity contribution in [1.29, 1.82) is 0 Å². The Kier molecular flexibility index (Phi) is 3.84. The summed E-state index contributed by atoms with van der Waals surface area (Å²) in [7, 11) is -1.07. The average Bonchev–Trinajstić information content (AvgIpc) is 2.98. The predicted octanol–water partition coefficient (Wildman–Crippen LogP) is 5.10. The Morgan fingerprint density at radius 1 is 1.10 bits per heavy atom. The zero-order chi connectivity index (χ0) is 15.4. The van der Waals surface area contributed by atoms with Crippen LogP contribution in [0.5, 0.6) is 0 Å². The van der Waals surface area contributed by atoms with Crippen LogP contribution in [-0.4, -0.2) is 16.6 Å². The number of hydrogen-bond donors (Lipinski definition) is 0. The van der Waals surface area contributed by atoms with E-state index in [-0.39, 0.29) is 10.8 Å². The van der Waals surface area contributed by atoms with E-state index in [4.69, 9.17) is 0 Å². The molecule has 0 radical (unpaired) electrons. The van der Waals surface area contributed by atoms with Gasteiger partial charge < -0.3 is 0 Å². The second-order valence-corrected chi connectivity index (χ2v) is 11.9. The lowest BCUT2D eigenvalue weighted by Crippen LogP contribution is -2.28. The van der Waals surface area contributed by atoms with Gasteiger partial charge in [0, 0.05) is 0 Å². The van der Waals surface area contributed by atoms with Crippen LogP contribution >= 0.6 is 31.9 Å². The monoisotopic (exact) mass is 429 g/mol. The van der Waals surface area contributed by atoms with Crippen LogP contribution in [0, 0.1) is 0 Å². The molecule has 0 N–H and O–H groups in total. The van der Waals surface area contributed by atoms with Crippen LogP contribution in [0.25, 0.3) is 10.8 Å². The lowest BCUT2D eigenvalue weighted by molar-refractivity contribution is 0.605. The minimum absolute atomic E-state index is 0.0714. The Bertz CT molecular complexity index is 724. The standard InChI is InChI=1S/C16H17Br2NOS/c1-15(2,3)21(20)19-14(16(19,17)18)13-9-8-11-6-4-5-7-12(11)10-13/h4-10,14H,1-3H3/t14-,19?,21?/m0/s1. The minimum Gasteiger partial charge on any atom is -0.242 e. The van der Waals surface area contributed by atoms with Crippen LogP contribution < -0.4 is 0 Å². The fraction of sp³-hybridized carbons (Fsp3) is 0.375. The molecule has 21 heavy (non-hydrogen) atoms. The molecule has 0 saturated carbocycles. The summed E-state index contributed by atoms with van der Waals surface area (Å²) in [4.78, 5) is 0. The molecule has 2 unspecified atom stereocenters. The highest BCUT2D eigenvalue weighted by Crippen LogP contribution is 2.63. The summed E-state index contributed by atoms with van der Waals surface area (Å²) in [6.07, 6.45) is 0. The van der Waals surface area contributed by atoms with Crippen LogP contribution in [0.15, 0.2) is 42.5 Å². The molecule has 0 aliphatic carbocycles. The Labute approximate surface area is 144 Å². The van der Waals surface area contributed by atoms with E-state index in [9.17, 15) is 4.21 Å². The fourth-order valence-electron chi connectivity index (χ4n) is 2.44. The van der Waals surface area contributed by atoms with Crippen LogP contribution in [-0.2, 0) is 11.0 Å². The van der Waals surface area contributed by atoms with Gasteiger partial charge in [-0.2, -0.15) is 4.31 Å². The van der Waals surface area contributed by atoms with Gasteiger partial charge in [-0.05, 0) is 43.2 Å². The highest BCUT2D eigenvalue weighted by atomic mass is 79.9. The van der Waals surface area contributed by atoms with Crippen molar-refractivity contribution in [2.45, 2.75) is 34.9 Å². The molecule has 0 aromatic heterocycles. The lowest BCUT2D eigenvalue weighted by Gasteiger charge is -2.19. The number of benzene rings is 2. The summed E-state index contributed by atoms with van der Waals surface area (Å²) < 4.78 is 13.9. The van der Waals surface area contributed by atoms with Crippen molar-refractivity contribution in [1.82, 2.24) is 4.31 Å². The predicted molar refractivity (Wildman–Crippen MR) is 97.0 cm³/mol. The third-order valence-electron chi connectivity index (χ3n) is 3.58. The van der Waals surface area contributed by atoms with E-state index < -0.39 is 14.3 Å². The molecular formula is C16H17Br2NOS. The largest absolute Gasteiger partial charge is 0.242 e. The van der Waals surface area contributed by atoms with Crippen molar-refractivity contribution in [2.24, 2.45) is 0 Å². The molecule has 1 saturated heterocycles. The Morgan fingerprint density at radius 2 is 1.71 bits per heavy atom. The van der Waals surface area contributed by atoms with Crippen molar-refractivity contribution in [3.63, 3.8) is 0 Å². The molecule has 0 amide bonds. The van der Waals surface area contributed by atoms with E-state index in [1.54, 1.807) is 0 Å². The van der Waals surface area contributed by atoms with Crippen molar-refractivity contribution < 1.29 is 4.21 Å². The molecule has 0 spiro atoms. The molecule has 3 atom stereocenters. The van der Waals surface area contributed by atoms with Crippen LogP contribution in [0.3, 0.4) is 0 Å². The van der Waals surface area contributed by atoms with E-state index in [0.717, 1.165) is 0 Å². The quantitative estimate of drug-likeness (QED) is 0.368. The van der Waals surface area contributed by atoms with Gasteiger partial charge in [-0.15, -0.1) is 0 Å². The first-order chi connectivity index (χ1) is 9.73. The summed E-state index contributed by atoms with van der Waals surface area (Å²) >= 11 is 7.32. The topological polar surface area (TPSA) is 20.1 Å². The van der Waals surface area contributed by atoms with Crippen molar-refractivity contribution in [2.75, 3.05) is 0 Å². The van der Waals surface area contributed by atoms with E-state index in [1.807, 2.05) is 37.2 Å². The zero-order valence-electron chi connectivity index (χ0n) is 12.1. The Balaban J connectivity index is 1.98. The molecular weight excluding hydrogens is 414 g/mol. The number of hydrogen-bond acceptors (Lipinski definition) is 1. The van der Waals surface area contributed by atoms with Gasteiger partial charge in [0.1, 0.15) is 11.0 Å². The highest BCUT2D eigenvalue weighted by Gasteiger charge is 2.65. The normalized spacial score (nSPS) is 25.8. The molecule has 2 nitrogen and oxygen atoms in total. The van der Waals surface area contributed by atoms with Gasteiger partial charge in [0.2, 0.25) is 0 Å². The Hall–Kier alpha value is -0.230.